The Morgan fingerprint density at radius 3 is 3.11 bits per heavy atom. The van der Waals surface area contributed by atoms with E-state index < -0.39 is 6.10 Å². The Morgan fingerprint density at radius 2 is 2.37 bits per heavy atom. The Balaban J connectivity index is 1.87. The minimum Gasteiger partial charge on any atom is -0.493 e. The number of nitrogens with two attached hydrogens (primary N) is 1. The highest BCUT2D eigenvalue weighted by molar-refractivity contribution is 7.99. The molecule has 4 heteroatoms. The van der Waals surface area contributed by atoms with Crippen LogP contribution in [0.2, 0.25) is 0 Å². The lowest BCUT2D eigenvalue weighted by molar-refractivity contribution is 0.169. The topological polar surface area (TPSA) is 55.5 Å². The van der Waals surface area contributed by atoms with Gasteiger partial charge in [-0.25, -0.2) is 0 Å². The molecule has 2 unspecified atom stereocenters. The van der Waals surface area contributed by atoms with Crippen LogP contribution in [0, 0.1) is 5.92 Å². The van der Waals surface area contributed by atoms with Crippen molar-refractivity contribution in [2.45, 2.75) is 25.4 Å². The number of rotatable bonds is 6. The van der Waals surface area contributed by atoms with Gasteiger partial charge < -0.3 is 15.6 Å². The number of hydrogen-bond donors (Lipinski definition) is 2. The summed E-state index contributed by atoms with van der Waals surface area (Å²) in [6.45, 7) is 1.27. The number of aliphatic hydroxyl groups is 1. The van der Waals surface area contributed by atoms with Crippen molar-refractivity contribution in [3.8, 4) is 5.75 Å². The molecule has 0 bridgehead atoms. The zero-order valence-corrected chi connectivity index (χ0v) is 12.1. The second kappa shape index (κ2) is 7.78. The molecular weight excluding hydrogens is 258 g/mol. The van der Waals surface area contributed by atoms with Crippen LogP contribution in [0.3, 0.4) is 0 Å². The van der Waals surface area contributed by atoms with E-state index >= 15 is 0 Å². The molecule has 0 radical (unpaired) electrons. The number of thioether (sulfide) groups is 1. The Morgan fingerprint density at radius 1 is 1.47 bits per heavy atom. The smallest absolute Gasteiger partial charge is 0.119 e. The molecule has 3 nitrogen and oxygen atoms in total. The maximum Gasteiger partial charge on any atom is 0.119 e. The van der Waals surface area contributed by atoms with Gasteiger partial charge in [0, 0.05) is 5.92 Å². The lowest BCUT2D eigenvalue weighted by Gasteiger charge is -2.21. The summed E-state index contributed by atoms with van der Waals surface area (Å²) < 4.78 is 5.86. The molecule has 1 aromatic rings. The molecule has 1 saturated heterocycles. The van der Waals surface area contributed by atoms with Gasteiger partial charge in [-0.15, -0.1) is 0 Å². The van der Waals surface area contributed by atoms with Gasteiger partial charge in [-0.1, -0.05) is 12.1 Å². The summed E-state index contributed by atoms with van der Waals surface area (Å²) in [5.74, 6) is 4.01. The molecule has 1 fully saturated rings. The summed E-state index contributed by atoms with van der Waals surface area (Å²) in [5, 5.41) is 9.92. The van der Waals surface area contributed by atoms with E-state index in [4.69, 9.17) is 10.5 Å². The van der Waals surface area contributed by atoms with Gasteiger partial charge in [-0.2, -0.15) is 11.8 Å². The standard InChI is InChI=1S/C15H23NO2S/c16-7-6-15(17)13-4-1-5-14(9-13)18-10-12-3-2-8-19-11-12/h1,4-5,9,12,15,17H,2-3,6-8,10-11,16H2. The highest BCUT2D eigenvalue weighted by atomic mass is 32.2. The van der Waals surface area contributed by atoms with Gasteiger partial charge in [0.25, 0.3) is 0 Å². The molecule has 0 spiro atoms. The van der Waals surface area contributed by atoms with Crippen molar-refractivity contribution in [2.24, 2.45) is 11.7 Å². The third-order valence-electron chi connectivity index (χ3n) is 3.42. The Labute approximate surface area is 119 Å². The predicted molar refractivity (Wildman–Crippen MR) is 80.6 cm³/mol. The van der Waals surface area contributed by atoms with Crippen molar-refractivity contribution in [3.63, 3.8) is 0 Å². The van der Waals surface area contributed by atoms with E-state index in [0.29, 0.717) is 18.9 Å². The lowest BCUT2D eigenvalue weighted by Crippen LogP contribution is -2.18. The zero-order chi connectivity index (χ0) is 13.5. The fourth-order valence-electron chi connectivity index (χ4n) is 2.29. The Bertz CT molecular complexity index is 380. The van der Waals surface area contributed by atoms with Crippen molar-refractivity contribution in [3.05, 3.63) is 29.8 Å². The summed E-state index contributed by atoms with van der Waals surface area (Å²) >= 11 is 2.02. The van der Waals surface area contributed by atoms with Gasteiger partial charge in [-0.05, 0) is 55.0 Å². The lowest BCUT2D eigenvalue weighted by atomic mass is 10.1. The average molecular weight is 281 g/mol. The molecule has 2 rings (SSSR count). The molecule has 1 aliphatic heterocycles. The normalized spacial score (nSPS) is 21.1. The molecule has 0 aliphatic carbocycles. The van der Waals surface area contributed by atoms with Crippen LogP contribution in [0.4, 0.5) is 0 Å². The van der Waals surface area contributed by atoms with Crippen molar-refractivity contribution in [1.82, 2.24) is 0 Å². The van der Waals surface area contributed by atoms with Gasteiger partial charge in [0.1, 0.15) is 5.75 Å². The highest BCUT2D eigenvalue weighted by Gasteiger charge is 2.14. The third-order valence-corrected chi connectivity index (χ3v) is 4.71. The van der Waals surface area contributed by atoms with Crippen LogP contribution in [0.5, 0.6) is 5.75 Å². The second-order valence-corrected chi connectivity index (χ2v) is 6.21. The number of ether oxygens (including phenoxy) is 1. The molecule has 106 valence electrons. The van der Waals surface area contributed by atoms with Crippen LogP contribution < -0.4 is 10.5 Å². The number of benzene rings is 1. The minimum atomic E-state index is -0.487. The minimum absolute atomic E-state index is 0.487. The Hall–Kier alpha value is -0.710. The third kappa shape index (κ3) is 4.71. The van der Waals surface area contributed by atoms with Crippen LogP contribution in [0.1, 0.15) is 30.9 Å². The molecule has 0 aromatic heterocycles. The maximum atomic E-state index is 9.92. The van der Waals surface area contributed by atoms with E-state index in [1.165, 1.54) is 24.3 Å². The van der Waals surface area contributed by atoms with E-state index in [9.17, 15) is 5.11 Å². The van der Waals surface area contributed by atoms with E-state index in [0.717, 1.165) is 17.9 Å². The molecule has 3 N–H and O–H groups in total. The van der Waals surface area contributed by atoms with Gasteiger partial charge >= 0.3 is 0 Å². The molecule has 1 heterocycles. The van der Waals surface area contributed by atoms with Crippen LogP contribution in [0.25, 0.3) is 0 Å². The summed E-state index contributed by atoms with van der Waals surface area (Å²) in [4.78, 5) is 0. The molecule has 1 aliphatic rings. The first-order valence-corrected chi connectivity index (χ1v) is 8.13. The summed E-state index contributed by atoms with van der Waals surface area (Å²) in [5.41, 5.74) is 6.36. The largest absolute Gasteiger partial charge is 0.493 e. The quantitative estimate of drug-likeness (QED) is 0.841. The molecule has 0 amide bonds. The molecule has 1 aromatic carbocycles. The summed E-state index contributed by atoms with van der Waals surface area (Å²) in [6, 6.07) is 7.73. The maximum absolute atomic E-state index is 9.92. The SMILES string of the molecule is NCCC(O)c1cccc(OCC2CCCSC2)c1. The van der Waals surface area contributed by atoms with Crippen molar-refractivity contribution >= 4 is 11.8 Å². The first-order valence-electron chi connectivity index (χ1n) is 6.98. The van der Waals surface area contributed by atoms with Gasteiger partial charge in [0.05, 0.1) is 12.7 Å². The highest BCUT2D eigenvalue weighted by Crippen LogP contribution is 2.25. The zero-order valence-electron chi connectivity index (χ0n) is 11.3. The van der Waals surface area contributed by atoms with E-state index in [2.05, 4.69) is 0 Å². The molecule has 19 heavy (non-hydrogen) atoms. The number of hydrogen-bond acceptors (Lipinski definition) is 4. The van der Waals surface area contributed by atoms with Crippen LogP contribution in [0.15, 0.2) is 24.3 Å². The van der Waals surface area contributed by atoms with Crippen molar-refractivity contribution < 1.29 is 9.84 Å². The van der Waals surface area contributed by atoms with E-state index in [-0.39, 0.29) is 0 Å². The first kappa shape index (κ1) is 14.7. The fraction of sp³-hybridized carbons (Fsp3) is 0.600. The van der Waals surface area contributed by atoms with Crippen molar-refractivity contribution in [1.29, 1.82) is 0 Å². The fourth-order valence-corrected chi connectivity index (χ4v) is 3.42. The van der Waals surface area contributed by atoms with Crippen molar-refractivity contribution in [2.75, 3.05) is 24.7 Å². The predicted octanol–water partition coefficient (Wildman–Crippen LogP) is 2.59. The van der Waals surface area contributed by atoms with Gasteiger partial charge in [0.2, 0.25) is 0 Å². The Kier molecular flexibility index (Phi) is 6.01. The van der Waals surface area contributed by atoms with Crippen LogP contribution in [-0.4, -0.2) is 29.8 Å². The number of aliphatic hydroxyl groups excluding tert-OH is 1. The summed E-state index contributed by atoms with van der Waals surface area (Å²) in [7, 11) is 0. The monoisotopic (exact) mass is 281 g/mol. The molecule has 2 atom stereocenters. The van der Waals surface area contributed by atoms with Crippen LogP contribution >= 0.6 is 11.8 Å². The van der Waals surface area contributed by atoms with Crippen LogP contribution in [-0.2, 0) is 0 Å². The molecule has 0 saturated carbocycles. The van der Waals surface area contributed by atoms with Gasteiger partial charge in [-0.3, -0.25) is 0 Å². The van der Waals surface area contributed by atoms with E-state index in [1.807, 2.05) is 36.0 Å². The van der Waals surface area contributed by atoms with E-state index in [1.54, 1.807) is 0 Å². The second-order valence-electron chi connectivity index (χ2n) is 5.06. The van der Waals surface area contributed by atoms with Gasteiger partial charge in [0.15, 0.2) is 0 Å². The average Bonchev–Trinajstić information content (AvgIpc) is 2.47. The summed E-state index contributed by atoms with van der Waals surface area (Å²) in [6.07, 6.45) is 2.66. The molecular formula is C15H23NO2S. The first-order chi connectivity index (χ1) is 9.29.